The van der Waals surface area contributed by atoms with Crippen LogP contribution >= 0.6 is 0 Å². The molecule has 4 nitrogen and oxygen atoms in total. The predicted molar refractivity (Wildman–Crippen MR) is 68.5 cm³/mol. The number of piperazine rings is 1. The molecule has 0 spiro atoms. The highest BCUT2D eigenvalue weighted by atomic mass is 16.5. The third kappa shape index (κ3) is 1.72. The predicted octanol–water partition coefficient (Wildman–Crippen LogP) is 1.29. The third-order valence-electron chi connectivity index (χ3n) is 4.00. The van der Waals surface area contributed by atoms with Gasteiger partial charge in [-0.1, -0.05) is 6.07 Å². The van der Waals surface area contributed by atoms with E-state index in [0.717, 1.165) is 24.2 Å². The molecule has 96 valence electrons. The molecule has 0 aromatic heterocycles. The zero-order chi connectivity index (χ0) is 12.7. The maximum Gasteiger partial charge on any atom is 0.338 e. The minimum absolute atomic E-state index is 0.192. The second-order valence-corrected chi connectivity index (χ2v) is 5.06. The van der Waals surface area contributed by atoms with Crippen LogP contribution in [0, 0.1) is 6.92 Å². The molecule has 1 fully saturated rings. The Bertz CT molecular complexity index is 499. The molecule has 0 saturated carbocycles. The van der Waals surface area contributed by atoms with E-state index in [9.17, 15) is 4.79 Å². The molecule has 2 unspecified atom stereocenters. The van der Waals surface area contributed by atoms with Gasteiger partial charge in [-0.3, -0.25) is 0 Å². The maximum absolute atomic E-state index is 11.5. The molecule has 0 aliphatic carbocycles. The van der Waals surface area contributed by atoms with E-state index in [1.807, 2.05) is 6.07 Å². The third-order valence-corrected chi connectivity index (χ3v) is 4.00. The van der Waals surface area contributed by atoms with Crippen LogP contribution < -0.4 is 10.6 Å². The van der Waals surface area contributed by atoms with Crippen LogP contribution in [0.1, 0.15) is 40.0 Å². The second kappa shape index (κ2) is 4.37. The van der Waals surface area contributed by atoms with Gasteiger partial charge in [0.25, 0.3) is 0 Å². The summed E-state index contributed by atoms with van der Waals surface area (Å²) < 4.78 is 5.10. The van der Waals surface area contributed by atoms with Crippen molar-refractivity contribution in [2.24, 2.45) is 0 Å². The molecular weight excluding hydrogens is 228 g/mol. The van der Waals surface area contributed by atoms with Crippen molar-refractivity contribution in [2.75, 3.05) is 13.1 Å². The van der Waals surface area contributed by atoms with Crippen LogP contribution in [0.15, 0.2) is 12.1 Å². The first-order chi connectivity index (χ1) is 8.68. The average molecular weight is 246 g/mol. The van der Waals surface area contributed by atoms with Crippen molar-refractivity contribution in [3.05, 3.63) is 34.4 Å². The molecule has 3 rings (SSSR count). The smallest absolute Gasteiger partial charge is 0.338 e. The normalized spacial score (nSPS) is 26.9. The fraction of sp³-hybridized carbons (Fsp3) is 0.500. The summed E-state index contributed by atoms with van der Waals surface area (Å²) in [6.45, 7) is 6.66. The van der Waals surface area contributed by atoms with E-state index in [1.165, 1.54) is 11.1 Å². The summed E-state index contributed by atoms with van der Waals surface area (Å²) in [7, 11) is 0. The second-order valence-electron chi connectivity index (χ2n) is 5.06. The number of esters is 1. The van der Waals surface area contributed by atoms with E-state index in [2.05, 4.69) is 30.5 Å². The van der Waals surface area contributed by atoms with Gasteiger partial charge in [-0.25, -0.2) is 4.79 Å². The molecule has 2 atom stereocenters. The lowest BCUT2D eigenvalue weighted by atomic mass is 9.90. The lowest BCUT2D eigenvalue weighted by Crippen LogP contribution is -2.49. The highest BCUT2D eigenvalue weighted by Crippen LogP contribution is 2.30. The first-order valence-electron chi connectivity index (χ1n) is 6.44. The molecule has 2 aliphatic heterocycles. The van der Waals surface area contributed by atoms with Gasteiger partial charge in [-0.2, -0.15) is 0 Å². The van der Waals surface area contributed by atoms with Crippen LogP contribution in [0.5, 0.6) is 0 Å². The largest absolute Gasteiger partial charge is 0.457 e. The van der Waals surface area contributed by atoms with E-state index in [4.69, 9.17) is 4.74 Å². The molecule has 0 amide bonds. The zero-order valence-electron chi connectivity index (χ0n) is 10.7. The van der Waals surface area contributed by atoms with Crippen LogP contribution in [-0.4, -0.2) is 25.1 Å². The molecule has 0 radical (unpaired) electrons. The van der Waals surface area contributed by atoms with Gasteiger partial charge in [0.2, 0.25) is 0 Å². The van der Waals surface area contributed by atoms with Gasteiger partial charge in [0.05, 0.1) is 5.56 Å². The number of nitrogens with one attached hydrogen (secondary N) is 2. The highest BCUT2D eigenvalue weighted by Gasteiger charge is 2.28. The molecule has 1 saturated heterocycles. The number of hydrogen-bond donors (Lipinski definition) is 2. The number of carbonyl (C=O) groups excluding carboxylic acids is 1. The first kappa shape index (κ1) is 11.7. The van der Waals surface area contributed by atoms with Crippen molar-refractivity contribution in [3.8, 4) is 0 Å². The van der Waals surface area contributed by atoms with Crippen molar-refractivity contribution in [1.82, 2.24) is 10.6 Å². The summed E-state index contributed by atoms with van der Waals surface area (Å²) in [6.07, 6.45) is 0. The number of carbonyl (C=O) groups is 1. The SMILES string of the molecule is Cc1c(C2NCCNC2C)ccc2c1COC2=O. The summed E-state index contributed by atoms with van der Waals surface area (Å²) in [6, 6.07) is 4.66. The van der Waals surface area contributed by atoms with Gasteiger partial charge >= 0.3 is 5.97 Å². The van der Waals surface area contributed by atoms with E-state index < -0.39 is 0 Å². The van der Waals surface area contributed by atoms with Gasteiger partial charge in [0.1, 0.15) is 6.61 Å². The van der Waals surface area contributed by atoms with E-state index in [0.29, 0.717) is 18.7 Å². The molecular formula is C14H18N2O2. The summed E-state index contributed by atoms with van der Waals surface area (Å²) in [5.74, 6) is -0.192. The molecule has 1 aromatic rings. The van der Waals surface area contributed by atoms with Gasteiger partial charge < -0.3 is 15.4 Å². The number of rotatable bonds is 1. The average Bonchev–Trinajstić information content (AvgIpc) is 2.74. The first-order valence-corrected chi connectivity index (χ1v) is 6.44. The molecule has 2 N–H and O–H groups in total. The van der Waals surface area contributed by atoms with Gasteiger partial charge in [0, 0.05) is 30.7 Å². The Balaban J connectivity index is 2.01. The maximum atomic E-state index is 11.5. The molecule has 18 heavy (non-hydrogen) atoms. The van der Waals surface area contributed by atoms with Crippen LogP contribution in [0.2, 0.25) is 0 Å². The van der Waals surface area contributed by atoms with Crippen LogP contribution in [0.3, 0.4) is 0 Å². The van der Waals surface area contributed by atoms with Gasteiger partial charge in [-0.15, -0.1) is 0 Å². The summed E-state index contributed by atoms with van der Waals surface area (Å²) in [5, 5.41) is 7.01. The topological polar surface area (TPSA) is 50.4 Å². The monoisotopic (exact) mass is 246 g/mol. The fourth-order valence-corrected chi connectivity index (χ4v) is 2.91. The fourth-order valence-electron chi connectivity index (χ4n) is 2.91. The number of cyclic esters (lactones) is 1. The zero-order valence-corrected chi connectivity index (χ0v) is 10.7. The lowest BCUT2D eigenvalue weighted by Gasteiger charge is -2.32. The Morgan fingerprint density at radius 2 is 2.06 bits per heavy atom. The summed E-state index contributed by atoms with van der Waals surface area (Å²) in [5.41, 5.74) is 4.24. The van der Waals surface area contributed by atoms with Gasteiger partial charge in [0.15, 0.2) is 0 Å². The van der Waals surface area contributed by atoms with E-state index >= 15 is 0 Å². The molecule has 4 heteroatoms. The van der Waals surface area contributed by atoms with Gasteiger partial charge in [-0.05, 0) is 31.0 Å². The Kier molecular flexibility index (Phi) is 2.84. The Morgan fingerprint density at radius 1 is 1.28 bits per heavy atom. The van der Waals surface area contributed by atoms with Crippen molar-refractivity contribution in [3.63, 3.8) is 0 Å². The quantitative estimate of drug-likeness (QED) is 0.733. The molecule has 0 bridgehead atoms. The summed E-state index contributed by atoms with van der Waals surface area (Å²) >= 11 is 0. The summed E-state index contributed by atoms with van der Waals surface area (Å²) in [4.78, 5) is 11.5. The van der Waals surface area contributed by atoms with Crippen molar-refractivity contribution >= 4 is 5.97 Å². The molecule has 2 aliphatic rings. The molecule has 2 heterocycles. The number of hydrogen-bond acceptors (Lipinski definition) is 4. The molecule has 1 aromatic carbocycles. The minimum atomic E-state index is -0.192. The van der Waals surface area contributed by atoms with Crippen molar-refractivity contribution in [1.29, 1.82) is 0 Å². The van der Waals surface area contributed by atoms with Crippen LogP contribution in [-0.2, 0) is 11.3 Å². The number of ether oxygens (including phenoxy) is 1. The Hall–Kier alpha value is -1.39. The minimum Gasteiger partial charge on any atom is -0.457 e. The van der Waals surface area contributed by atoms with Crippen molar-refractivity contribution in [2.45, 2.75) is 32.5 Å². The van der Waals surface area contributed by atoms with Crippen molar-refractivity contribution < 1.29 is 9.53 Å². The van der Waals surface area contributed by atoms with Crippen LogP contribution in [0.4, 0.5) is 0 Å². The lowest BCUT2D eigenvalue weighted by molar-refractivity contribution is 0.0535. The van der Waals surface area contributed by atoms with Crippen LogP contribution in [0.25, 0.3) is 0 Å². The van der Waals surface area contributed by atoms with E-state index in [-0.39, 0.29) is 5.97 Å². The Labute approximate surface area is 107 Å². The van der Waals surface area contributed by atoms with E-state index in [1.54, 1.807) is 0 Å². The Morgan fingerprint density at radius 3 is 2.83 bits per heavy atom. The number of benzene rings is 1. The standard InChI is InChI=1S/C14H18N2O2/c1-8-10(13-9(2)15-5-6-16-13)3-4-11-12(8)7-18-14(11)17/h3-4,9,13,15-16H,5-7H2,1-2H3. The number of fused-ring (bicyclic) bond motifs is 1. The highest BCUT2D eigenvalue weighted by molar-refractivity contribution is 5.93.